The lowest BCUT2D eigenvalue weighted by molar-refractivity contribution is -0.120. The monoisotopic (exact) mass is 275 g/mol. The van der Waals surface area contributed by atoms with E-state index in [4.69, 9.17) is 5.73 Å². The Morgan fingerprint density at radius 2 is 1.95 bits per heavy atom. The average molecular weight is 275 g/mol. The van der Waals surface area contributed by atoms with Crippen LogP contribution in [0.2, 0.25) is 0 Å². The fourth-order valence-electron chi connectivity index (χ4n) is 2.71. The van der Waals surface area contributed by atoms with E-state index in [1.807, 2.05) is 31.2 Å². The Balaban J connectivity index is 2.01. The topological polar surface area (TPSA) is 58.4 Å². The number of anilines is 1. The van der Waals surface area contributed by atoms with E-state index < -0.39 is 0 Å². The molecule has 1 aliphatic rings. The van der Waals surface area contributed by atoms with Crippen molar-refractivity contribution in [3.8, 4) is 0 Å². The van der Waals surface area contributed by atoms with E-state index in [9.17, 15) is 4.79 Å². The summed E-state index contributed by atoms with van der Waals surface area (Å²) in [5.74, 6) is 1.36. The van der Waals surface area contributed by atoms with E-state index in [2.05, 4.69) is 24.1 Å². The van der Waals surface area contributed by atoms with E-state index in [1.165, 1.54) is 0 Å². The van der Waals surface area contributed by atoms with Crippen LogP contribution in [-0.2, 0) is 11.3 Å². The van der Waals surface area contributed by atoms with E-state index in [0.717, 1.165) is 24.3 Å². The van der Waals surface area contributed by atoms with Crippen LogP contribution in [0, 0.1) is 11.8 Å². The van der Waals surface area contributed by atoms with E-state index >= 15 is 0 Å². The van der Waals surface area contributed by atoms with Crippen LogP contribution in [0.5, 0.6) is 0 Å². The maximum absolute atomic E-state index is 12.4. The molecule has 3 atom stereocenters. The summed E-state index contributed by atoms with van der Waals surface area (Å²) in [4.78, 5) is 14.6. The molecule has 1 amide bonds. The lowest BCUT2D eigenvalue weighted by atomic mass is 10.0. The van der Waals surface area contributed by atoms with Gasteiger partial charge in [-0.05, 0) is 30.4 Å². The summed E-state index contributed by atoms with van der Waals surface area (Å²) in [7, 11) is 0. The lowest BCUT2D eigenvalue weighted by Gasteiger charge is -2.24. The molecule has 1 heterocycles. The Hall–Kier alpha value is -1.39. The molecular formula is C16H25N3O. The molecule has 20 heavy (non-hydrogen) atoms. The minimum absolute atomic E-state index is 0.0483. The molecular weight excluding hydrogens is 250 g/mol. The van der Waals surface area contributed by atoms with Gasteiger partial charge in [-0.2, -0.15) is 0 Å². The first-order valence-corrected chi connectivity index (χ1v) is 7.35. The summed E-state index contributed by atoms with van der Waals surface area (Å²) >= 11 is 0. The first-order valence-electron chi connectivity index (χ1n) is 7.35. The number of carbonyl (C=O) groups excluding carboxylic acids is 1. The number of hydrogen-bond donors (Lipinski definition) is 2. The van der Waals surface area contributed by atoms with Crippen LogP contribution in [0.25, 0.3) is 0 Å². The van der Waals surface area contributed by atoms with Crippen molar-refractivity contribution in [1.82, 2.24) is 4.90 Å². The number of carbonyl (C=O) groups is 1. The van der Waals surface area contributed by atoms with Crippen molar-refractivity contribution in [2.45, 2.75) is 33.4 Å². The maximum Gasteiger partial charge on any atom is 0.241 e. The molecule has 3 unspecified atom stereocenters. The fraction of sp³-hybridized carbons (Fsp3) is 0.562. The third kappa shape index (κ3) is 3.19. The summed E-state index contributed by atoms with van der Waals surface area (Å²) < 4.78 is 0. The third-order valence-electron chi connectivity index (χ3n) is 4.44. The quantitative estimate of drug-likeness (QED) is 0.884. The van der Waals surface area contributed by atoms with Crippen molar-refractivity contribution in [2.24, 2.45) is 17.6 Å². The SMILES string of the molecule is CC1CN(C(C)C(=O)Nc2ccccc2CN)CC1C. The largest absolute Gasteiger partial charge is 0.326 e. The zero-order chi connectivity index (χ0) is 14.7. The Kier molecular flexibility index (Phi) is 4.78. The number of nitrogens with one attached hydrogen (secondary N) is 1. The predicted octanol–water partition coefficient (Wildman–Crippen LogP) is 2.06. The number of nitrogens with zero attached hydrogens (tertiary/aromatic N) is 1. The van der Waals surface area contributed by atoms with Gasteiger partial charge in [0, 0.05) is 25.3 Å². The highest BCUT2D eigenvalue weighted by Crippen LogP contribution is 2.24. The van der Waals surface area contributed by atoms with Gasteiger partial charge in [-0.1, -0.05) is 32.0 Å². The van der Waals surface area contributed by atoms with Gasteiger partial charge in [0.1, 0.15) is 0 Å². The van der Waals surface area contributed by atoms with Crippen LogP contribution in [0.4, 0.5) is 5.69 Å². The first kappa shape index (κ1) is 15.0. The molecule has 0 spiro atoms. The molecule has 1 fully saturated rings. The second-order valence-electron chi connectivity index (χ2n) is 5.93. The maximum atomic E-state index is 12.4. The third-order valence-corrected chi connectivity index (χ3v) is 4.44. The highest BCUT2D eigenvalue weighted by molar-refractivity contribution is 5.95. The number of para-hydroxylation sites is 1. The molecule has 1 aliphatic heterocycles. The van der Waals surface area contributed by atoms with Gasteiger partial charge in [-0.25, -0.2) is 0 Å². The average Bonchev–Trinajstić information content (AvgIpc) is 2.78. The van der Waals surface area contributed by atoms with Gasteiger partial charge >= 0.3 is 0 Å². The van der Waals surface area contributed by atoms with Gasteiger partial charge in [0.05, 0.1) is 6.04 Å². The van der Waals surface area contributed by atoms with Crippen LogP contribution in [0.15, 0.2) is 24.3 Å². The molecule has 1 saturated heterocycles. The Labute approximate surface area is 121 Å². The molecule has 4 heteroatoms. The minimum atomic E-state index is -0.103. The second kappa shape index (κ2) is 6.37. The highest BCUT2D eigenvalue weighted by Gasteiger charge is 2.32. The molecule has 1 aromatic rings. The van der Waals surface area contributed by atoms with Crippen molar-refractivity contribution in [2.75, 3.05) is 18.4 Å². The van der Waals surface area contributed by atoms with Gasteiger partial charge in [0.15, 0.2) is 0 Å². The highest BCUT2D eigenvalue weighted by atomic mass is 16.2. The van der Waals surface area contributed by atoms with Gasteiger partial charge < -0.3 is 11.1 Å². The minimum Gasteiger partial charge on any atom is -0.326 e. The lowest BCUT2D eigenvalue weighted by Crippen LogP contribution is -2.41. The second-order valence-corrected chi connectivity index (χ2v) is 5.93. The zero-order valence-corrected chi connectivity index (χ0v) is 12.6. The van der Waals surface area contributed by atoms with Crippen molar-refractivity contribution in [3.63, 3.8) is 0 Å². The summed E-state index contributed by atoms with van der Waals surface area (Å²) in [5, 5.41) is 3.01. The number of hydrogen-bond acceptors (Lipinski definition) is 3. The number of benzene rings is 1. The summed E-state index contributed by atoms with van der Waals surface area (Å²) in [6, 6.07) is 7.60. The number of nitrogens with two attached hydrogens (primary N) is 1. The molecule has 2 rings (SSSR count). The van der Waals surface area contributed by atoms with Crippen LogP contribution in [0.3, 0.4) is 0 Å². The molecule has 3 N–H and O–H groups in total. The van der Waals surface area contributed by atoms with E-state index in [1.54, 1.807) is 0 Å². The first-order chi connectivity index (χ1) is 9.52. The molecule has 110 valence electrons. The van der Waals surface area contributed by atoms with Crippen molar-refractivity contribution < 1.29 is 4.79 Å². The molecule has 0 aromatic heterocycles. The van der Waals surface area contributed by atoms with Crippen LogP contribution in [-0.4, -0.2) is 29.9 Å². The van der Waals surface area contributed by atoms with Crippen LogP contribution >= 0.6 is 0 Å². The molecule has 1 aromatic carbocycles. The van der Waals surface area contributed by atoms with Crippen LogP contribution < -0.4 is 11.1 Å². The molecule has 0 saturated carbocycles. The Morgan fingerprint density at radius 3 is 2.55 bits per heavy atom. The molecule has 4 nitrogen and oxygen atoms in total. The standard InChI is InChI=1S/C16H25N3O/c1-11-9-19(10-12(11)2)13(3)16(20)18-15-7-5-4-6-14(15)8-17/h4-7,11-13H,8-10,17H2,1-3H3,(H,18,20). The van der Waals surface area contributed by atoms with E-state index in [-0.39, 0.29) is 11.9 Å². The normalized spacial score (nSPS) is 24.6. The Morgan fingerprint density at radius 1 is 1.35 bits per heavy atom. The number of likely N-dealkylation sites (tertiary alicyclic amines) is 1. The van der Waals surface area contributed by atoms with E-state index in [0.29, 0.717) is 18.4 Å². The Bertz CT molecular complexity index is 465. The predicted molar refractivity (Wildman–Crippen MR) is 82.3 cm³/mol. The summed E-state index contributed by atoms with van der Waals surface area (Å²) in [6.45, 7) is 8.90. The molecule has 0 radical (unpaired) electrons. The van der Waals surface area contributed by atoms with Crippen LogP contribution in [0.1, 0.15) is 26.3 Å². The van der Waals surface area contributed by atoms with Gasteiger partial charge in [0.25, 0.3) is 0 Å². The van der Waals surface area contributed by atoms with Gasteiger partial charge in [-0.3, -0.25) is 9.69 Å². The molecule has 0 aliphatic carbocycles. The smallest absolute Gasteiger partial charge is 0.241 e. The van der Waals surface area contributed by atoms with Crippen molar-refractivity contribution in [3.05, 3.63) is 29.8 Å². The number of amides is 1. The van der Waals surface area contributed by atoms with Crippen molar-refractivity contribution in [1.29, 1.82) is 0 Å². The molecule has 0 bridgehead atoms. The fourth-order valence-corrected chi connectivity index (χ4v) is 2.71. The zero-order valence-electron chi connectivity index (χ0n) is 12.6. The summed E-state index contributed by atoms with van der Waals surface area (Å²) in [5.41, 5.74) is 7.49. The number of rotatable bonds is 4. The van der Waals surface area contributed by atoms with Gasteiger partial charge in [-0.15, -0.1) is 0 Å². The van der Waals surface area contributed by atoms with Gasteiger partial charge in [0.2, 0.25) is 5.91 Å². The summed E-state index contributed by atoms with van der Waals surface area (Å²) in [6.07, 6.45) is 0. The van der Waals surface area contributed by atoms with Crippen molar-refractivity contribution >= 4 is 11.6 Å².